The van der Waals surface area contributed by atoms with E-state index in [1.807, 2.05) is 0 Å². The topological polar surface area (TPSA) is 69.6 Å². The standard InChI is InChI=1S/C12H20N2O3/c15-10(9-12(17)6-2-3-7-12)13-14-8-4-1-5-11(14)16/h17H,1-9H2,(H,13,15). The summed E-state index contributed by atoms with van der Waals surface area (Å²) >= 11 is 0. The largest absolute Gasteiger partial charge is 0.389 e. The van der Waals surface area contributed by atoms with Crippen LogP contribution in [0.25, 0.3) is 0 Å². The maximum atomic E-state index is 11.8. The number of carbonyl (C=O) groups excluding carboxylic acids is 2. The fourth-order valence-corrected chi connectivity index (χ4v) is 2.62. The van der Waals surface area contributed by atoms with Crippen LogP contribution < -0.4 is 5.43 Å². The van der Waals surface area contributed by atoms with Crippen LogP contribution in [0.15, 0.2) is 0 Å². The van der Waals surface area contributed by atoms with Crippen LogP contribution in [0, 0.1) is 0 Å². The number of hydrogen-bond acceptors (Lipinski definition) is 3. The monoisotopic (exact) mass is 240 g/mol. The third-order valence-electron chi connectivity index (χ3n) is 3.61. The molecule has 0 aromatic heterocycles. The van der Waals surface area contributed by atoms with Crippen molar-refractivity contribution in [2.45, 2.75) is 57.0 Å². The second-order valence-electron chi connectivity index (χ2n) is 5.15. The molecule has 17 heavy (non-hydrogen) atoms. The van der Waals surface area contributed by atoms with E-state index in [9.17, 15) is 14.7 Å². The Balaban J connectivity index is 1.82. The maximum absolute atomic E-state index is 11.8. The van der Waals surface area contributed by atoms with Gasteiger partial charge in [0.25, 0.3) is 0 Å². The lowest BCUT2D eigenvalue weighted by Gasteiger charge is -2.29. The summed E-state index contributed by atoms with van der Waals surface area (Å²) in [5, 5.41) is 11.5. The second kappa shape index (κ2) is 5.04. The number of nitrogens with zero attached hydrogens (tertiary/aromatic N) is 1. The predicted molar refractivity (Wildman–Crippen MR) is 61.7 cm³/mol. The van der Waals surface area contributed by atoms with Crippen molar-refractivity contribution >= 4 is 11.8 Å². The molecule has 2 fully saturated rings. The van der Waals surface area contributed by atoms with E-state index in [-0.39, 0.29) is 18.2 Å². The number of hydrogen-bond donors (Lipinski definition) is 2. The smallest absolute Gasteiger partial charge is 0.241 e. The highest BCUT2D eigenvalue weighted by Crippen LogP contribution is 2.32. The van der Waals surface area contributed by atoms with E-state index in [0.29, 0.717) is 25.8 Å². The highest BCUT2D eigenvalue weighted by atomic mass is 16.3. The zero-order chi connectivity index (χ0) is 12.3. The van der Waals surface area contributed by atoms with Crippen LogP contribution >= 0.6 is 0 Å². The first-order chi connectivity index (χ1) is 8.09. The molecule has 5 nitrogen and oxygen atoms in total. The quantitative estimate of drug-likeness (QED) is 0.764. The molecule has 0 spiro atoms. The minimum Gasteiger partial charge on any atom is -0.389 e. The van der Waals surface area contributed by atoms with Crippen LogP contribution in [0.2, 0.25) is 0 Å². The van der Waals surface area contributed by atoms with E-state index >= 15 is 0 Å². The van der Waals surface area contributed by atoms with Gasteiger partial charge in [-0.3, -0.25) is 20.0 Å². The third kappa shape index (κ3) is 3.19. The molecule has 0 unspecified atom stereocenters. The average Bonchev–Trinajstić information content (AvgIpc) is 2.68. The van der Waals surface area contributed by atoms with Crippen molar-refractivity contribution in [2.75, 3.05) is 6.54 Å². The van der Waals surface area contributed by atoms with Crippen molar-refractivity contribution in [2.24, 2.45) is 0 Å². The van der Waals surface area contributed by atoms with Crippen LogP contribution in [0.3, 0.4) is 0 Å². The molecule has 0 aromatic carbocycles. The molecule has 5 heteroatoms. The molecule has 2 aliphatic rings. The van der Waals surface area contributed by atoms with Gasteiger partial charge in [-0.1, -0.05) is 12.8 Å². The first-order valence-corrected chi connectivity index (χ1v) is 6.41. The van der Waals surface area contributed by atoms with E-state index < -0.39 is 5.60 Å². The molecule has 0 atom stereocenters. The fourth-order valence-electron chi connectivity index (χ4n) is 2.62. The van der Waals surface area contributed by atoms with E-state index in [1.165, 1.54) is 5.01 Å². The molecule has 1 heterocycles. The van der Waals surface area contributed by atoms with Gasteiger partial charge in [-0.2, -0.15) is 0 Å². The molecule has 2 amide bonds. The molecule has 0 radical (unpaired) electrons. The number of aliphatic hydroxyl groups is 1. The Morgan fingerprint density at radius 2 is 2.00 bits per heavy atom. The predicted octanol–water partition coefficient (Wildman–Crippen LogP) is 0.725. The van der Waals surface area contributed by atoms with Gasteiger partial charge in [-0.05, 0) is 25.7 Å². The van der Waals surface area contributed by atoms with Crippen molar-refractivity contribution < 1.29 is 14.7 Å². The second-order valence-corrected chi connectivity index (χ2v) is 5.15. The van der Waals surface area contributed by atoms with E-state index in [1.54, 1.807) is 0 Å². The van der Waals surface area contributed by atoms with Crippen molar-refractivity contribution in [1.29, 1.82) is 0 Å². The van der Waals surface area contributed by atoms with E-state index in [4.69, 9.17) is 0 Å². The number of rotatable bonds is 3. The van der Waals surface area contributed by atoms with Crippen LogP contribution in [0.1, 0.15) is 51.4 Å². The molecule has 0 aromatic rings. The zero-order valence-corrected chi connectivity index (χ0v) is 10.1. The lowest BCUT2D eigenvalue weighted by atomic mass is 9.98. The van der Waals surface area contributed by atoms with Gasteiger partial charge in [0.15, 0.2) is 0 Å². The van der Waals surface area contributed by atoms with Gasteiger partial charge in [0.2, 0.25) is 11.8 Å². The molecule has 1 aliphatic carbocycles. The fraction of sp³-hybridized carbons (Fsp3) is 0.833. The molecule has 1 aliphatic heterocycles. The lowest BCUT2D eigenvalue weighted by molar-refractivity contribution is -0.145. The molecule has 0 bridgehead atoms. The van der Waals surface area contributed by atoms with Gasteiger partial charge >= 0.3 is 0 Å². The van der Waals surface area contributed by atoms with Crippen molar-refractivity contribution in [3.8, 4) is 0 Å². The van der Waals surface area contributed by atoms with E-state index in [0.717, 1.165) is 25.7 Å². The number of amides is 2. The Kier molecular flexibility index (Phi) is 3.66. The normalized spacial score (nSPS) is 23.8. The van der Waals surface area contributed by atoms with Crippen LogP contribution in [0.4, 0.5) is 0 Å². The summed E-state index contributed by atoms with van der Waals surface area (Å²) in [7, 11) is 0. The molecule has 2 N–H and O–H groups in total. The Bertz CT molecular complexity index is 311. The van der Waals surface area contributed by atoms with Gasteiger partial charge in [0.1, 0.15) is 0 Å². The highest BCUT2D eigenvalue weighted by molar-refractivity contribution is 5.82. The molecule has 2 rings (SSSR count). The Morgan fingerprint density at radius 3 is 2.65 bits per heavy atom. The maximum Gasteiger partial charge on any atom is 0.241 e. The number of piperidine rings is 1. The number of nitrogens with one attached hydrogen (secondary N) is 1. The van der Waals surface area contributed by atoms with Crippen molar-refractivity contribution in [3.05, 3.63) is 0 Å². The summed E-state index contributed by atoms with van der Waals surface area (Å²) in [6.45, 7) is 0.586. The molecule has 96 valence electrons. The minimum absolute atomic E-state index is 0.0250. The summed E-state index contributed by atoms with van der Waals surface area (Å²) < 4.78 is 0. The summed E-state index contributed by atoms with van der Waals surface area (Å²) in [6, 6.07) is 0. The molecular formula is C12H20N2O3. The SMILES string of the molecule is O=C(CC1(O)CCCC1)NN1CCCCC1=O. The first-order valence-electron chi connectivity index (χ1n) is 6.41. The van der Waals surface area contributed by atoms with E-state index in [2.05, 4.69) is 5.43 Å². The van der Waals surface area contributed by atoms with Crippen LogP contribution in [0.5, 0.6) is 0 Å². The van der Waals surface area contributed by atoms with Gasteiger partial charge < -0.3 is 5.11 Å². The molecular weight excluding hydrogens is 220 g/mol. The summed E-state index contributed by atoms with van der Waals surface area (Å²) in [5.74, 6) is -0.271. The van der Waals surface area contributed by atoms with Crippen molar-refractivity contribution in [3.63, 3.8) is 0 Å². The lowest BCUT2D eigenvalue weighted by Crippen LogP contribution is -2.50. The number of hydrazine groups is 1. The van der Waals surface area contributed by atoms with Gasteiger partial charge in [-0.15, -0.1) is 0 Å². The summed E-state index contributed by atoms with van der Waals surface area (Å²) in [6.07, 6.45) is 5.77. The van der Waals surface area contributed by atoms with Gasteiger partial charge in [0.05, 0.1) is 12.0 Å². The summed E-state index contributed by atoms with van der Waals surface area (Å²) in [4.78, 5) is 23.2. The summed E-state index contributed by atoms with van der Waals surface area (Å²) in [5.41, 5.74) is 1.76. The zero-order valence-electron chi connectivity index (χ0n) is 10.1. The Labute approximate surface area is 101 Å². The number of carbonyl (C=O) groups is 2. The Morgan fingerprint density at radius 1 is 1.29 bits per heavy atom. The van der Waals surface area contributed by atoms with Crippen LogP contribution in [-0.2, 0) is 9.59 Å². The van der Waals surface area contributed by atoms with Gasteiger partial charge in [-0.25, -0.2) is 0 Å². The highest BCUT2D eigenvalue weighted by Gasteiger charge is 2.34. The minimum atomic E-state index is -0.844. The molecule has 1 saturated carbocycles. The van der Waals surface area contributed by atoms with Crippen LogP contribution in [-0.4, -0.2) is 34.1 Å². The average molecular weight is 240 g/mol. The van der Waals surface area contributed by atoms with Crippen molar-refractivity contribution in [1.82, 2.24) is 10.4 Å². The molecule has 1 saturated heterocycles. The Hall–Kier alpha value is -1.10. The van der Waals surface area contributed by atoms with Gasteiger partial charge in [0, 0.05) is 13.0 Å². The first kappa shape index (κ1) is 12.4. The third-order valence-corrected chi connectivity index (χ3v) is 3.61.